The lowest BCUT2D eigenvalue weighted by molar-refractivity contribution is 0.0690. The molecule has 0 saturated carbocycles. The van der Waals surface area contributed by atoms with Crippen molar-refractivity contribution >= 4 is 21.9 Å². The van der Waals surface area contributed by atoms with Gasteiger partial charge in [0.1, 0.15) is 18.9 Å². The predicted octanol–water partition coefficient (Wildman–Crippen LogP) is 2.31. The summed E-state index contributed by atoms with van der Waals surface area (Å²) in [5, 5.41) is 15.3. The number of aromatic amines is 1. The standard InChI is InChI=1S/C12H9BrN2O4/c13-10-6(7-5-8(12(16)17)15-14-7)1-2-9-11(10)19-4-3-18-9/h1-2,5H,3-4H2,(H,14,15)(H,16,17). The normalized spacial score (nSPS) is 13.3. The minimum absolute atomic E-state index is 0.0387. The van der Waals surface area contributed by atoms with E-state index in [2.05, 4.69) is 26.1 Å². The minimum atomic E-state index is -1.05. The highest BCUT2D eigenvalue weighted by Gasteiger charge is 2.20. The van der Waals surface area contributed by atoms with Gasteiger partial charge in [0.2, 0.25) is 0 Å². The van der Waals surface area contributed by atoms with Crippen molar-refractivity contribution in [3.05, 3.63) is 28.4 Å². The molecule has 0 spiro atoms. The third-order valence-corrected chi connectivity index (χ3v) is 3.52. The first kappa shape index (κ1) is 12.0. The molecule has 0 amide bonds. The van der Waals surface area contributed by atoms with Crippen LogP contribution < -0.4 is 9.47 Å². The molecule has 2 aromatic rings. The molecule has 19 heavy (non-hydrogen) atoms. The number of aromatic nitrogens is 2. The summed E-state index contributed by atoms with van der Waals surface area (Å²) in [4.78, 5) is 10.8. The molecule has 0 unspecified atom stereocenters. The van der Waals surface area contributed by atoms with Gasteiger partial charge in [-0.1, -0.05) is 0 Å². The number of carbonyl (C=O) groups is 1. The molecule has 1 aromatic heterocycles. The molecule has 1 aliphatic rings. The fourth-order valence-corrected chi connectivity index (χ4v) is 2.49. The summed E-state index contributed by atoms with van der Waals surface area (Å²) in [6, 6.07) is 5.06. The summed E-state index contributed by atoms with van der Waals surface area (Å²) in [5.74, 6) is 0.229. The van der Waals surface area contributed by atoms with Gasteiger partial charge in [-0.15, -0.1) is 0 Å². The Bertz CT molecular complexity index is 653. The molecule has 0 aliphatic carbocycles. The second-order valence-electron chi connectivity index (χ2n) is 3.92. The number of ether oxygens (including phenoxy) is 2. The number of nitrogens with zero attached hydrogens (tertiary/aromatic N) is 1. The summed E-state index contributed by atoms with van der Waals surface area (Å²) >= 11 is 3.44. The molecule has 0 atom stereocenters. The summed E-state index contributed by atoms with van der Waals surface area (Å²) < 4.78 is 11.7. The molecule has 1 aromatic carbocycles. The van der Waals surface area contributed by atoms with Crippen LogP contribution in [0.25, 0.3) is 11.3 Å². The summed E-state index contributed by atoms with van der Waals surface area (Å²) in [5.41, 5.74) is 1.31. The number of carboxylic acid groups (broad SMARTS) is 1. The molecule has 0 radical (unpaired) electrons. The summed E-state index contributed by atoms with van der Waals surface area (Å²) in [6.07, 6.45) is 0. The quantitative estimate of drug-likeness (QED) is 0.885. The number of halogens is 1. The number of benzene rings is 1. The van der Waals surface area contributed by atoms with E-state index in [0.29, 0.717) is 34.9 Å². The molecule has 0 fully saturated rings. The van der Waals surface area contributed by atoms with Gasteiger partial charge in [0.05, 0.1) is 10.2 Å². The molecule has 98 valence electrons. The molecule has 1 aliphatic heterocycles. The highest BCUT2D eigenvalue weighted by atomic mass is 79.9. The Morgan fingerprint density at radius 1 is 1.37 bits per heavy atom. The van der Waals surface area contributed by atoms with E-state index >= 15 is 0 Å². The minimum Gasteiger partial charge on any atom is -0.486 e. The zero-order valence-corrected chi connectivity index (χ0v) is 11.2. The fourth-order valence-electron chi connectivity index (χ4n) is 1.85. The Hall–Kier alpha value is -2.02. The van der Waals surface area contributed by atoms with Crippen LogP contribution in [0.3, 0.4) is 0 Å². The van der Waals surface area contributed by atoms with Crippen molar-refractivity contribution in [1.82, 2.24) is 10.2 Å². The lowest BCUT2D eigenvalue weighted by Gasteiger charge is -2.20. The van der Waals surface area contributed by atoms with E-state index in [1.807, 2.05) is 0 Å². The molecule has 2 heterocycles. The van der Waals surface area contributed by atoms with Crippen molar-refractivity contribution in [3.63, 3.8) is 0 Å². The van der Waals surface area contributed by atoms with E-state index in [-0.39, 0.29) is 5.69 Å². The van der Waals surface area contributed by atoms with Crippen molar-refractivity contribution in [3.8, 4) is 22.8 Å². The molecule has 0 saturated heterocycles. The predicted molar refractivity (Wildman–Crippen MR) is 69.7 cm³/mol. The fraction of sp³-hybridized carbons (Fsp3) is 0.167. The number of H-pyrrole nitrogens is 1. The van der Waals surface area contributed by atoms with Crippen LogP contribution in [0.4, 0.5) is 0 Å². The highest BCUT2D eigenvalue weighted by molar-refractivity contribution is 9.10. The SMILES string of the molecule is O=C(O)c1cc(-c2ccc3c(c2Br)OCCO3)n[nH]1. The maximum atomic E-state index is 10.8. The van der Waals surface area contributed by atoms with Gasteiger partial charge < -0.3 is 14.6 Å². The van der Waals surface area contributed by atoms with Crippen LogP contribution in [0.2, 0.25) is 0 Å². The summed E-state index contributed by atoms with van der Waals surface area (Å²) in [7, 11) is 0. The molecule has 0 bridgehead atoms. The number of carboxylic acids is 1. The van der Waals surface area contributed by atoms with Crippen LogP contribution >= 0.6 is 15.9 Å². The largest absolute Gasteiger partial charge is 0.486 e. The van der Waals surface area contributed by atoms with E-state index < -0.39 is 5.97 Å². The van der Waals surface area contributed by atoms with Crippen LogP contribution in [0.5, 0.6) is 11.5 Å². The van der Waals surface area contributed by atoms with E-state index in [1.165, 1.54) is 6.07 Å². The maximum Gasteiger partial charge on any atom is 0.353 e. The third-order valence-electron chi connectivity index (χ3n) is 2.73. The Kier molecular flexibility index (Phi) is 2.90. The average Bonchev–Trinajstić information content (AvgIpc) is 2.89. The van der Waals surface area contributed by atoms with Gasteiger partial charge in [-0.2, -0.15) is 5.10 Å². The van der Waals surface area contributed by atoms with Crippen molar-refractivity contribution < 1.29 is 19.4 Å². The Labute approximate surface area is 116 Å². The summed E-state index contributed by atoms with van der Waals surface area (Å²) in [6.45, 7) is 1.00. The van der Waals surface area contributed by atoms with Crippen LogP contribution in [-0.4, -0.2) is 34.5 Å². The Morgan fingerprint density at radius 2 is 2.16 bits per heavy atom. The van der Waals surface area contributed by atoms with Gasteiger partial charge in [0.15, 0.2) is 11.5 Å². The van der Waals surface area contributed by atoms with Gasteiger partial charge in [-0.05, 0) is 34.1 Å². The van der Waals surface area contributed by atoms with E-state index in [0.717, 1.165) is 5.56 Å². The number of aromatic carboxylic acids is 1. The lowest BCUT2D eigenvalue weighted by atomic mass is 10.1. The van der Waals surface area contributed by atoms with Gasteiger partial charge in [-0.3, -0.25) is 5.10 Å². The van der Waals surface area contributed by atoms with Gasteiger partial charge >= 0.3 is 5.97 Å². The van der Waals surface area contributed by atoms with Gasteiger partial charge in [0, 0.05) is 5.56 Å². The van der Waals surface area contributed by atoms with Gasteiger partial charge in [-0.25, -0.2) is 4.79 Å². The van der Waals surface area contributed by atoms with Gasteiger partial charge in [0.25, 0.3) is 0 Å². The second-order valence-corrected chi connectivity index (χ2v) is 4.72. The first-order valence-electron chi connectivity index (χ1n) is 5.54. The first-order valence-corrected chi connectivity index (χ1v) is 6.33. The van der Waals surface area contributed by atoms with Crippen LogP contribution in [0.1, 0.15) is 10.5 Å². The van der Waals surface area contributed by atoms with E-state index in [9.17, 15) is 4.79 Å². The zero-order valence-electron chi connectivity index (χ0n) is 9.64. The van der Waals surface area contributed by atoms with Crippen molar-refractivity contribution in [2.45, 2.75) is 0 Å². The first-order chi connectivity index (χ1) is 9.16. The highest BCUT2D eigenvalue weighted by Crippen LogP contribution is 2.43. The Morgan fingerprint density at radius 3 is 2.89 bits per heavy atom. The van der Waals surface area contributed by atoms with E-state index in [4.69, 9.17) is 14.6 Å². The third kappa shape index (κ3) is 2.06. The van der Waals surface area contributed by atoms with Crippen molar-refractivity contribution in [1.29, 1.82) is 0 Å². The number of fused-ring (bicyclic) bond motifs is 1. The smallest absolute Gasteiger partial charge is 0.353 e. The van der Waals surface area contributed by atoms with Crippen LogP contribution in [-0.2, 0) is 0 Å². The molecule has 7 heteroatoms. The number of hydrogen-bond donors (Lipinski definition) is 2. The van der Waals surface area contributed by atoms with Crippen molar-refractivity contribution in [2.24, 2.45) is 0 Å². The molecule has 2 N–H and O–H groups in total. The molecule has 6 nitrogen and oxygen atoms in total. The second kappa shape index (κ2) is 4.58. The zero-order chi connectivity index (χ0) is 13.4. The topological polar surface area (TPSA) is 84.4 Å². The number of nitrogens with one attached hydrogen (secondary N) is 1. The van der Waals surface area contributed by atoms with Crippen molar-refractivity contribution in [2.75, 3.05) is 13.2 Å². The molecular weight excluding hydrogens is 316 g/mol. The van der Waals surface area contributed by atoms with Crippen LogP contribution in [0.15, 0.2) is 22.7 Å². The maximum absolute atomic E-state index is 10.8. The number of hydrogen-bond acceptors (Lipinski definition) is 4. The average molecular weight is 325 g/mol. The molecule has 3 rings (SSSR count). The lowest BCUT2D eigenvalue weighted by Crippen LogP contribution is -2.15. The number of rotatable bonds is 2. The van der Waals surface area contributed by atoms with Crippen LogP contribution in [0, 0.1) is 0 Å². The molecular formula is C12H9BrN2O4. The van der Waals surface area contributed by atoms with E-state index in [1.54, 1.807) is 12.1 Å². The monoisotopic (exact) mass is 324 g/mol. The Balaban J connectivity index is 2.07.